The summed E-state index contributed by atoms with van der Waals surface area (Å²) in [5, 5.41) is 5.91. The third kappa shape index (κ3) is 4.32. The normalized spacial score (nSPS) is 10.2. The van der Waals surface area contributed by atoms with Crippen LogP contribution in [0.2, 0.25) is 0 Å². The number of carbonyl (C=O) groups is 1. The molecule has 3 rings (SSSR count). The van der Waals surface area contributed by atoms with Crippen LogP contribution in [0.4, 0.5) is 17.3 Å². The Kier molecular flexibility index (Phi) is 5.38. The number of ether oxygens (including phenoxy) is 1. The van der Waals surface area contributed by atoms with E-state index in [0.29, 0.717) is 35.2 Å². The molecule has 7 heteroatoms. The summed E-state index contributed by atoms with van der Waals surface area (Å²) < 4.78 is 5.50. The molecular formula is C19H19N5O2. The summed E-state index contributed by atoms with van der Waals surface area (Å²) in [6.45, 7) is 4.36. The van der Waals surface area contributed by atoms with Gasteiger partial charge < -0.3 is 15.4 Å². The van der Waals surface area contributed by atoms with Gasteiger partial charge in [-0.1, -0.05) is 0 Å². The van der Waals surface area contributed by atoms with Crippen LogP contribution in [0.3, 0.4) is 0 Å². The van der Waals surface area contributed by atoms with E-state index < -0.39 is 0 Å². The molecule has 0 saturated heterocycles. The number of rotatable bonds is 6. The number of nitrogens with zero attached hydrogens (tertiary/aromatic N) is 3. The smallest absolute Gasteiger partial charge is 0.255 e. The molecule has 132 valence electrons. The first-order chi connectivity index (χ1) is 12.7. The van der Waals surface area contributed by atoms with Crippen molar-refractivity contribution in [1.82, 2.24) is 15.0 Å². The second-order valence-corrected chi connectivity index (χ2v) is 5.53. The van der Waals surface area contributed by atoms with Crippen molar-refractivity contribution in [1.29, 1.82) is 0 Å². The van der Waals surface area contributed by atoms with Gasteiger partial charge in [0, 0.05) is 30.2 Å². The molecule has 0 unspecified atom stereocenters. The third-order valence-electron chi connectivity index (χ3n) is 3.52. The van der Waals surface area contributed by atoms with Crippen LogP contribution in [0.1, 0.15) is 22.8 Å². The van der Waals surface area contributed by atoms with E-state index in [4.69, 9.17) is 4.74 Å². The number of hydrogen-bond acceptors (Lipinski definition) is 6. The molecule has 0 saturated carbocycles. The summed E-state index contributed by atoms with van der Waals surface area (Å²) in [4.78, 5) is 25.1. The molecule has 26 heavy (non-hydrogen) atoms. The molecule has 0 aliphatic rings. The quantitative estimate of drug-likeness (QED) is 0.707. The highest BCUT2D eigenvalue weighted by atomic mass is 16.5. The van der Waals surface area contributed by atoms with E-state index in [9.17, 15) is 4.79 Å². The summed E-state index contributed by atoms with van der Waals surface area (Å²) in [5.41, 5.74) is 2.06. The Morgan fingerprint density at radius 1 is 1.08 bits per heavy atom. The molecule has 3 aromatic rings. The van der Waals surface area contributed by atoms with Gasteiger partial charge in [-0.15, -0.1) is 0 Å². The SMILES string of the molecule is CCOc1ccncc1NC(=O)c1ccnc(Nc2cc(C)ccn2)c1. The van der Waals surface area contributed by atoms with E-state index in [1.54, 1.807) is 43.0 Å². The topological polar surface area (TPSA) is 89.0 Å². The monoisotopic (exact) mass is 349 g/mol. The van der Waals surface area contributed by atoms with E-state index in [1.165, 1.54) is 0 Å². The number of anilines is 3. The highest BCUT2D eigenvalue weighted by Crippen LogP contribution is 2.23. The molecule has 2 N–H and O–H groups in total. The molecule has 0 aromatic carbocycles. The minimum absolute atomic E-state index is 0.276. The predicted molar refractivity (Wildman–Crippen MR) is 99.9 cm³/mol. The van der Waals surface area contributed by atoms with Crippen LogP contribution < -0.4 is 15.4 Å². The average molecular weight is 349 g/mol. The number of aryl methyl sites for hydroxylation is 1. The number of amides is 1. The van der Waals surface area contributed by atoms with Crippen LogP contribution in [-0.4, -0.2) is 27.5 Å². The molecule has 3 heterocycles. The summed E-state index contributed by atoms with van der Waals surface area (Å²) in [6.07, 6.45) is 6.45. The summed E-state index contributed by atoms with van der Waals surface area (Å²) in [7, 11) is 0. The van der Waals surface area contributed by atoms with Crippen molar-refractivity contribution in [3.05, 3.63) is 66.2 Å². The zero-order valence-corrected chi connectivity index (χ0v) is 14.6. The maximum absolute atomic E-state index is 12.6. The standard InChI is InChI=1S/C19H19N5O2/c1-3-26-16-6-7-20-12-15(16)23-19(25)14-5-9-22-18(11-14)24-17-10-13(2)4-8-21-17/h4-12H,3H2,1-2H3,(H,23,25)(H,21,22,24). The highest BCUT2D eigenvalue weighted by Gasteiger charge is 2.11. The van der Waals surface area contributed by atoms with E-state index in [1.807, 2.05) is 26.0 Å². The first-order valence-electron chi connectivity index (χ1n) is 8.19. The fourth-order valence-corrected chi connectivity index (χ4v) is 2.33. The minimum atomic E-state index is -0.276. The van der Waals surface area contributed by atoms with Gasteiger partial charge in [-0.05, 0) is 43.7 Å². The molecular weight excluding hydrogens is 330 g/mol. The van der Waals surface area contributed by atoms with Crippen LogP contribution in [-0.2, 0) is 0 Å². The van der Waals surface area contributed by atoms with Crippen molar-refractivity contribution in [2.45, 2.75) is 13.8 Å². The van der Waals surface area contributed by atoms with Gasteiger partial charge in [-0.3, -0.25) is 9.78 Å². The largest absolute Gasteiger partial charge is 0.492 e. The lowest BCUT2D eigenvalue weighted by molar-refractivity contribution is 0.102. The molecule has 0 radical (unpaired) electrons. The van der Waals surface area contributed by atoms with Crippen LogP contribution in [0.15, 0.2) is 55.1 Å². The Bertz CT molecular complexity index is 914. The maximum atomic E-state index is 12.6. The van der Waals surface area contributed by atoms with E-state index in [2.05, 4.69) is 25.6 Å². The summed E-state index contributed by atoms with van der Waals surface area (Å²) in [6, 6.07) is 8.82. The van der Waals surface area contributed by atoms with Gasteiger partial charge in [0.25, 0.3) is 5.91 Å². The lowest BCUT2D eigenvalue weighted by Crippen LogP contribution is -2.13. The van der Waals surface area contributed by atoms with Crippen molar-refractivity contribution in [2.75, 3.05) is 17.2 Å². The van der Waals surface area contributed by atoms with Crippen LogP contribution in [0, 0.1) is 6.92 Å². The third-order valence-corrected chi connectivity index (χ3v) is 3.52. The van der Waals surface area contributed by atoms with Gasteiger partial charge in [0.05, 0.1) is 12.8 Å². The number of aromatic nitrogens is 3. The van der Waals surface area contributed by atoms with E-state index in [0.717, 1.165) is 5.56 Å². The second kappa shape index (κ2) is 8.06. The van der Waals surface area contributed by atoms with E-state index in [-0.39, 0.29) is 5.91 Å². The second-order valence-electron chi connectivity index (χ2n) is 5.53. The zero-order valence-electron chi connectivity index (χ0n) is 14.6. The molecule has 0 fully saturated rings. The fourth-order valence-electron chi connectivity index (χ4n) is 2.33. The Balaban J connectivity index is 1.76. The highest BCUT2D eigenvalue weighted by molar-refractivity contribution is 6.05. The van der Waals surface area contributed by atoms with Crippen LogP contribution in [0.5, 0.6) is 5.75 Å². The van der Waals surface area contributed by atoms with Gasteiger partial charge in [0.15, 0.2) is 0 Å². The van der Waals surface area contributed by atoms with Crippen LogP contribution >= 0.6 is 0 Å². The van der Waals surface area contributed by atoms with Crippen molar-refractivity contribution in [2.24, 2.45) is 0 Å². The molecule has 0 aliphatic carbocycles. The van der Waals surface area contributed by atoms with Crippen LogP contribution in [0.25, 0.3) is 0 Å². The van der Waals surface area contributed by atoms with Gasteiger partial charge in [0.1, 0.15) is 23.1 Å². The first kappa shape index (κ1) is 17.3. The lowest BCUT2D eigenvalue weighted by atomic mass is 10.2. The van der Waals surface area contributed by atoms with Gasteiger partial charge in [-0.25, -0.2) is 9.97 Å². The predicted octanol–water partition coefficient (Wildman–Crippen LogP) is 3.57. The van der Waals surface area contributed by atoms with Crippen molar-refractivity contribution in [3.63, 3.8) is 0 Å². The first-order valence-corrected chi connectivity index (χ1v) is 8.19. The van der Waals surface area contributed by atoms with Crippen molar-refractivity contribution >= 4 is 23.2 Å². The van der Waals surface area contributed by atoms with Crippen molar-refractivity contribution in [3.8, 4) is 5.75 Å². The molecule has 0 aliphatic heterocycles. The summed E-state index contributed by atoms with van der Waals surface area (Å²) in [5.74, 6) is 1.50. The molecule has 1 amide bonds. The van der Waals surface area contributed by atoms with Crippen molar-refractivity contribution < 1.29 is 9.53 Å². The molecule has 7 nitrogen and oxygen atoms in total. The fraction of sp³-hybridized carbons (Fsp3) is 0.158. The Morgan fingerprint density at radius 3 is 2.62 bits per heavy atom. The number of nitrogens with one attached hydrogen (secondary N) is 2. The van der Waals surface area contributed by atoms with Gasteiger partial charge in [0.2, 0.25) is 0 Å². The average Bonchev–Trinajstić information content (AvgIpc) is 2.64. The van der Waals surface area contributed by atoms with Gasteiger partial charge in [-0.2, -0.15) is 0 Å². The Hall–Kier alpha value is -3.48. The zero-order chi connectivity index (χ0) is 18.4. The maximum Gasteiger partial charge on any atom is 0.255 e. The minimum Gasteiger partial charge on any atom is -0.492 e. The Morgan fingerprint density at radius 2 is 1.85 bits per heavy atom. The number of pyridine rings is 3. The van der Waals surface area contributed by atoms with Gasteiger partial charge >= 0.3 is 0 Å². The molecule has 3 aromatic heterocycles. The molecule has 0 atom stereocenters. The summed E-state index contributed by atoms with van der Waals surface area (Å²) >= 11 is 0. The Labute approximate surface area is 151 Å². The molecule has 0 spiro atoms. The van der Waals surface area contributed by atoms with E-state index >= 15 is 0 Å². The lowest BCUT2D eigenvalue weighted by Gasteiger charge is -2.11. The number of carbonyl (C=O) groups excluding carboxylic acids is 1. The molecule has 0 bridgehead atoms. The number of hydrogen-bond donors (Lipinski definition) is 2.